The van der Waals surface area contributed by atoms with E-state index in [1.165, 1.54) is 6.08 Å². The van der Waals surface area contributed by atoms with Crippen LogP contribution in [-0.2, 0) is 11.2 Å². The summed E-state index contributed by atoms with van der Waals surface area (Å²) in [5.74, 6) is 0.210. The summed E-state index contributed by atoms with van der Waals surface area (Å²) in [6, 6.07) is 14.9. The molecule has 1 amide bonds. The number of carbonyl (C=O) groups excluding carboxylic acids is 1. The van der Waals surface area contributed by atoms with Crippen molar-refractivity contribution in [2.45, 2.75) is 13.3 Å². The van der Waals surface area contributed by atoms with Crippen LogP contribution in [-0.4, -0.2) is 13.0 Å². The van der Waals surface area contributed by atoms with Crippen LogP contribution in [0.2, 0.25) is 0 Å². The second kappa shape index (κ2) is 8.32. The van der Waals surface area contributed by atoms with E-state index in [4.69, 9.17) is 4.74 Å². The van der Waals surface area contributed by atoms with Crippen LogP contribution in [0.25, 0.3) is 6.08 Å². The quantitative estimate of drug-likeness (QED) is 0.606. The number of nitriles is 1. The van der Waals surface area contributed by atoms with Crippen molar-refractivity contribution >= 4 is 33.6 Å². The molecule has 0 aromatic heterocycles. The maximum atomic E-state index is 12.4. The molecule has 0 aliphatic heterocycles. The summed E-state index contributed by atoms with van der Waals surface area (Å²) in [6.45, 7) is 2.01. The first-order valence-electron chi connectivity index (χ1n) is 7.43. The zero-order chi connectivity index (χ0) is 17.5. The fraction of sp³-hybridized carbons (Fsp3) is 0.158. The largest absolute Gasteiger partial charge is 0.497 e. The number of para-hydroxylation sites is 1. The van der Waals surface area contributed by atoms with Crippen molar-refractivity contribution in [3.05, 3.63) is 63.6 Å². The summed E-state index contributed by atoms with van der Waals surface area (Å²) in [6.07, 6.45) is 2.34. The van der Waals surface area contributed by atoms with E-state index in [9.17, 15) is 10.1 Å². The van der Waals surface area contributed by atoms with Crippen LogP contribution in [0, 0.1) is 11.3 Å². The Labute approximate surface area is 149 Å². The van der Waals surface area contributed by atoms with Gasteiger partial charge in [-0.15, -0.1) is 0 Å². The number of nitrogens with one attached hydrogen (secondary N) is 1. The van der Waals surface area contributed by atoms with Crippen LogP contribution in [0.5, 0.6) is 5.75 Å². The maximum Gasteiger partial charge on any atom is 0.266 e. The first-order valence-corrected chi connectivity index (χ1v) is 8.22. The van der Waals surface area contributed by atoms with Gasteiger partial charge in [0, 0.05) is 10.2 Å². The summed E-state index contributed by atoms with van der Waals surface area (Å²) < 4.78 is 6.00. The van der Waals surface area contributed by atoms with E-state index in [1.807, 2.05) is 43.3 Å². The third kappa shape index (κ3) is 4.46. The molecule has 0 saturated heterocycles. The molecule has 5 heteroatoms. The summed E-state index contributed by atoms with van der Waals surface area (Å²) in [5.41, 5.74) is 2.47. The SMILES string of the molecule is CCc1ccccc1NC(=O)/C(C#N)=C/c1cc(Br)cc(OC)c1. The lowest BCUT2D eigenvalue weighted by molar-refractivity contribution is -0.112. The minimum Gasteiger partial charge on any atom is -0.497 e. The van der Waals surface area contributed by atoms with Crippen molar-refractivity contribution in [2.24, 2.45) is 0 Å². The molecular formula is C19H17BrN2O2. The fourth-order valence-electron chi connectivity index (χ4n) is 2.24. The number of hydrogen-bond donors (Lipinski definition) is 1. The van der Waals surface area contributed by atoms with Crippen molar-refractivity contribution in [1.82, 2.24) is 0 Å². The van der Waals surface area contributed by atoms with Crippen molar-refractivity contribution in [3.8, 4) is 11.8 Å². The van der Waals surface area contributed by atoms with E-state index < -0.39 is 5.91 Å². The molecule has 0 saturated carbocycles. The predicted octanol–water partition coefficient (Wildman–Crippen LogP) is 4.57. The first kappa shape index (κ1) is 17.8. The Morgan fingerprint density at radius 3 is 2.75 bits per heavy atom. The second-order valence-corrected chi connectivity index (χ2v) is 5.97. The Morgan fingerprint density at radius 1 is 1.33 bits per heavy atom. The van der Waals surface area contributed by atoms with Gasteiger partial charge in [0.05, 0.1) is 7.11 Å². The zero-order valence-corrected chi connectivity index (χ0v) is 15.1. The Hall–Kier alpha value is -2.58. The highest BCUT2D eigenvalue weighted by Gasteiger charge is 2.11. The zero-order valence-electron chi connectivity index (χ0n) is 13.5. The van der Waals surface area contributed by atoms with Gasteiger partial charge < -0.3 is 10.1 Å². The summed E-state index contributed by atoms with van der Waals surface area (Å²) >= 11 is 3.38. The molecule has 2 rings (SSSR count). The normalized spacial score (nSPS) is 10.8. The molecule has 0 fully saturated rings. The lowest BCUT2D eigenvalue weighted by Crippen LogP contribution is -2.14. The van der Waals surface area contributed by atoms with E-state index in [-0.39, 0.29) is 5.57 Å². The minimum absolute atomic E-state index is 0.0288. The molecule has 0 heterocycles. The molecule has 2 aromatic rings. The number of amides is 1. The summed E-state index contributed by atoms with van der Waals surface area (Å²) in [4.78, 5) is 12.4. The molecule has 0 spiro atoms. The van der Waals surface area contributed by atoms with E-state index in [0.717, 1.165) is 22.1 Å². The number of nitrogens with zero attached hydrogens (tertiary/aromatic N) is 1. The van der Waals surface area contributed by atoms with Crippen molar-refractivity contribution in [1.29, 1.82) is 5.26 Å². The van der Waals surface area contributed by atoms with Gasteiger partial charge in [0.25, 0.3) is 5.91 Å². The Morgan fingerprint density at radius 2 is 2.08 bits per heavy atom. The number of benzene rings is 2. The molecule has 0 radical (unpaired) electrons. The number of anilines is 1. The average Bonchev–Trinajstić information content (AvgIpc) is 2.59. The van der Waals surface area contributed by atoms with Gasteiger partial charge in [-0.2, -0.15) is 5.26 Å². The number of halogens is 1. The van der Waals surface area contributed by atoms with Gasteiger partial charge >= 0.3 is 0 Å². The molecule has 0 aliphatic rings. The molecule has 0 atom stereocenters. The fourth-order valence-corrected chi connectivity index (χ4v) is 2.73. The van der Waals surface area contributed by atoms with Gasteiger partial charge in [-0.1, -0.05) is 41.1 Å². The molecule has 0 bridgehead atoms. The van der Waals surface area contributed by atoms with E-state index in [0.29, 0.717) is 11.3 Å². The molecule has 2 aromatic carbocycles. The number of methoxy groups -OCH3 is 1. The lowest BCUT2D eigenvalue weighted by atomic mass is 10.1. The molecule has 0 unspecified atom stereocenters. The molecule has 4 nitrogen and oxygen atoms in total. The number of carbonyl (C=O) groups is 1. The molecule has 1 N–H and O–H groups in total. The van der Waals surface area contributed by atoms with Crippen LogP contribution in [0.3, 0.4) is 0 Å². The van der Waals surface area contributed by atoms with E-state index in [2.05, 4.69) is 21.2 Å². The highest BCUT2D eigenvalue weighted by Crippen LogP contribution is 2.23. The van der Waals surface area contributed by atoms with Gasteiger partial charge in [-0.25, -0.2) is 0 Å². The molecule has 0 aliphatic carbocycles. The van der Waals surface area contributed by atoms with Crippen LogP contribution >= 0.6 is 15.9 Å². The predicted molar refractivity (Wildman–Crippen MR) is 98.7 cm³/mol. The third-order valence-electron chi connectivity index (χ3n) is 3.45. The topological polar surface area (TPSA) is 62.1 Å². The molecule has 122 valence electrons. The lowest BCUT2D eigenvalue weighted by Gasteiger charge is -2.09. The first-order chi connectivity index (χ1) is 11.6. The van der Waals surface area contributed by atoms with Gasteiger partial charge in [0.1, 0.15) is 17.4 Å². The van der Waals surface area contributed by atoms with Crippen LogP contribution in [0.1, 0.15) is 18.1 Å². The highest BCUT2D eigenvalue weighted by atomic mass is 79.9. The standard InChI is InChI=1S/C19H17BrN2O2/c1-3-14-6-4-5-7-18(14)22-19(23)15(12-21)8-13-9-16(20)11-17(10-13)24-2/h4-11H,3H2,1-2H3,(H,22,23)/b15-8+. The van der Waals surface area contributed by atoms with Crippen molar-refractivity contribution in [3.63, 3.8) is 0 Å². The molecule has 24 heavy (non-hydrogen) atoms. The van der Waals surface area contributed by atoms with E-state index in [1.54, 1.807) is 19.2 Å². The second-order valence-electron chi connectivity index (χ2n) is 5.06. The highest BCUT2D eigenvalue weighted by molar-refractivity contribution is 9.10. The maximum absolute atomic E-state index is 12.4. The average molecular weight is 385 g/mol. The van der Waals surface area contributed by atoms with Gasteiger partial charge in [0.15, 0.2) is 0 Å². The monoisotopic (exact) mass is 384 g/mol. The van der Waals surface area contributed by atoms with E-state index >= 15 is 0 Å². The van der Waals surface area contributed by atoms with Crippen molar-refractivity contribution < 1.29 is 9.53 Å². The number of aryl methyl sites for hydroxylation is 1. The smallest absolute Gasteiger partial charge is 0.266 e. The van der Waals surface area contributed by atoms with Crippen molar-refractivity contribution in [2.75, 3.05) is 12.4 Å². The van der Waals surface area contributed by atoms with Gasteiger partial charge in [-0.05, 0) is 47.9 Å². The minimum atomic E-state index is -0.433. The number of ether oxygens (including phenoxy) is 1. The summed E-state index contributed by atoms with van der Waals surface area (Å²) in [5, 5.41) is 12.1. The van der Waals surface area contributed by atoms with Crippen LogP contribution < -0.4 is 10.1 Å². The Bertz CT molecular complexity index is 822. The number of rotatable bonds is 5. The Balaban J connectivity index is 2.29. The van der Waals surface area contributed by atoms with Gasteiger partial charge in [0.2, 0.25) is 0 Å². The third-order valence-corrected chi connectivity index (χ3v) is 3.91. The number of hydrogen-bond acceptors (Lipinski definition) is 3. The summed E-state index contributed by atoms with van der Waals surface area (Å²) in [7, 11) is 1.56. The van der Waals surface area contributed by atoms with Crippen LogP contribution in [0.4, 0.5) is 5.69 Å². The molecular weight excluding hydrogens is 368 g/mol. The Kier molecular flexibility index (Phi) is 6.16. The van der Waals surface area contributed by atoms with Gasteiger partial charge in [-0.3, -0.25) is 4.79 Å². The van der Waals surface area contributed by atoms with Crippen LogP contribution in [0.15, 0.2) is 52.5 Å².